The number of halogens is 6. The van der Waals surface area contributed by atoms with E-state index in [0.717, 1.165) is 159 Å². The summed E-state index contributed by atoms with van der Waals surface area (Å²) < 4.78 is 78.0. The molecule has 2 atom stereocenters. The second kappa shape index (κ2) is 31.6. The van der Waals surface area contributed by atoms with E-state index in [1.165, 1.54) is 56.9 Å². The molecule has 1 amide bonds. The van der Waals surface area contributed by atoms with Gasteiger partial charge in [-0.2, -0.15) is 24.3 Å². The topological polar surface area (TPSA) is 174 Å². The van der Waals surface area contributed by atoms with Crippen molar-refractivity contribution in [3.8, 4) is 12.0 Å². The van der Waals surface area contributed by atoms with Crippen molar-refractivity contribution < 1.29 is 51.2 Å². The molecule has 4 aromatic carbocycles. The Morgan fingerprint density at radius 2 is 1.09 bits per heavy atom. The maximum atomic E-state index is 14.7. The third-order valence-electron chi connectivity index (χ3n) is 20.9. The van der Waals surface area contributed by atoms with Crippen LogP contribution in [0.1, 0.15) is 86.7 Å². The Morgan fingerprint density at radius 1 is 0.606 bits per heavy atom. The summed E-state index contributed by atoms with van der Waals surface area (Å²) in [5, 5.41) is 11.3. The summed E-state index contributed by atoms with van der Waals surface area (Å²) in [6, 6.07) is 18.4. The maximum absolute atomic E-state index is 14.7. The smallest absolute Gasteiger partial charge is 0.364 e. The predicted octanol–water partition coefficient (Wildman–Crippen LogP) is 12.1. The molecule has 6 saturated heterocycles. The molecule has 8 aliphatic rings. The van der Waals surface area contributed by atoms with Crippen molar-refractivity contribution in [1.82, 2.24) is 34.6 Å². The van der Waals surface area contributed by atoms with E-state index in [1.54, 1.807) is 12.1 Å². The summed E-state index contributed by atoms with van der Waals surface area (Å²) in [7, 11) is 2.79. The lowest BCUT2D eigenvalue weighted by molar-refractivity contribution is -0.134. The summed E-state index contributed by atoms with van der Waals surface area (Å²) in [4.78, 5) is 65.5. The van der Waals surface area contributed by atoms with Crippen LogP contribution < -0.4 is 29.1 Å². The first-order valence-electron chi connectivity index (χ1n) is 34.2. The van der Waals surface area contributed by atoms with Crippen molar-refractivity contribution in [2.24, 2.45) is 5.92 Å². The largest absolute Gasteiger partial charge is 0.476 e. The first kappa shape index (κ1) is 70.8. The number of carbonyl (C=O) groups excluding carboxylic acids is 1. The molecule has 2 aromatic heterocycles. The summed E-state index contributed by atoms with van der Waals surface area (Å²) in [6.45, 7) is 26.2. The Morgan fingerprint density at radius 3 is 1.57 bits per heavy atom. The van der Waals surface area contributed by atoms with Crippen molar-refractivity contribution in [1.29, 1.82) is 0 Å². The van der Waals surface area contributed by atoms with E-state index in [1.807, 2.05) is 36.4 Å². The van der Waals surface area contributed by atoms with Gasteiger partial charge in [-0.1, -0.05) is 59.6 Å². The van der Waals surface area contributed by atoms with Crippen LogP contribution in [0.4, 0.5) is 40.6 Å². The zero-order chi connectivity index (χ0) is 69.4. The lowest BCUT2D eigenvalue weighted by Gasteiger charge is -2.41. The number of aromatic nitrogens is 4. The molecule has 0 aliphatic carbocycles. The molecular formula is C73H83Cl2F4N13O7. The standard InChI is InChI=1S/C36H40ClF2N7O3.C32H36ClFN6O.C5H7FO3/c1-40-20-25-21-44(17-18-46(25)34(47)28(39)11-19-48-2)33-26-10-16-43(30-7-3-6-24-8-9-27(38)32(37)31(24)30)22-29(26)41-35(42-33)49-23-36-12-4-14-45(36)15-5-13-36;1-35-18-22-6-3-14-39(19-22)30-24-11-17-38(27-8-2-7-23-9-10-25(34)29(33)28(23)27)20-26(24)36-31(37-30)41-21-32-12-4-15-40(32)16-5-13-32;1-9-3-2-4(6)5(7)8/h3,6-9,11,25H,4-5,10,12-23H2,2H3;2,7-10,22H,3-6,11-21H2;2H,3H2,1H3,(H,7,8)/b28-11-;;4-2-/t25-;22-;/m00./s1. The van der Waals surface area contributed by atoms with Crippen molar-refractivity contribution in [2.45, 2.75) is 107 Å². The molecule has 1 N–H and O–H groups in total. The molecule has 26 heteroatoms. The molecule has 8 aliphatic heterocycles. The number of amides is 1. The highest BCUT2D eigenvalue weighted by Gasteiger charge is 2.47. The van der Waals surface area contributed by atoms with Gasteiger partial charge in [-0.15, -0.1) is 0 Å². The molecule has 524 valence electrons. The number of nitrogens with zero attached hydrogens (tertiary/aromatic N) is 13. The van der Waals surface area contributed by atoms with E-state index < -0.39 is 41.2 Å². The summed E-state index contributed by atoms with van der Waals surface area (Å²) in [5.74, 6) is -3.21. The van der Waals surface area contributed by atoms with E-state index in [-0.39, 0.29) is 47.4 Å². The van der Waals surface area contributed by atoms with E-state index in [9.17, 15) is 27.2 Å². The van der Waals surface area contributed by atoms with Crippen LogP contribution in [0.3, 0.4) is 0 Å². The van der Waals surface area contributed by atoms with Gasteiger partial charge in [0.2, 0.25) is 18.9 Å². The number of carboxylic acid groups (broad SMARTS) is 1. The normalized spacial score (nSPS) is 20.4. The number of rotatable bonds is 18. The van der Waals surface area contributed by atoms with Crippen LogP contribution in [0, 0.1) is 30.7 Å². The van der Waals surface area contributed by atoms with Gasteiger partial charge in [-0.05, 0) is 150 Å². The van der Waals surface area contributed by atoms with Gasteiger partial charge in [0.25, 0.3) is 5.91 Å². The van der Waals surface area contributed by atoms with Gasteiger partial charge >= 0.3 is 18.0 Å². The SMILES string of the molecule is COC/C=C(\F)C(=O)O.[C-]#[N+]C[C@@H]1CCCN(c2nc(OCC34CCCN3CCC4)nc3c2CCN(c2cccc4ccc(F)c(Cl)c24)C3)C1.[C-]#[N+]C[C@H]1CN(c2nc(OCC34CCCN3CCC4)nc3c2CCN(c2cccc4ccc(F)c(Cl)c24)C3)CCN1C(=O)/C(F)=C/COC. The zero-order valence-corrected chi connectivity index (χ0v) is 57.5. The highest BCUT2D eigenvalue weighted by Crippen LogP contribution is 2.44. The number of methoxy groups -OCH3 is 2. The van der Waals surface area contributed by atoms with E-state index in [2.05, 4.69) is 43.8 Å². The number of benzene rings is 4. The van der Waals surface area contributed by atoms with Gasteiger partial charge in [0.1, 0.15) is 42.5 Å². The monoisotopic (exact) mass is 1400 g/mol. The number of piperidine rings is 1. The van der Waals surface area contributed by atoms with Crippen LogP contribution >= 0.6 is 23.2 Å². The third kappa shape index (κ3) is 15.3. The van der Waals surface area contributed by atoms with Gasteiger partial charge in [0, 0.05) is 99.2 Å². The molecule has 0 unspecified atom stereocenters. The Labute approximate surface area is 584 Å². The molecular weight excluding hydrogens is 1320 g/mol. The molecule has 0 bridgehead atoms. The number of aliphatic carboxylic acids is 1. The van der Waals surface area contributed by atoms with Gasteiger partial charge in [0.05, 0.1) is 58.8 Å². The first-order valence-corrected chi connectivity index (χ1v) is 35.0. The molecule has 20 nitrogen and oxygen atoms in total. The molecule has 0 spiro atoms. The lowest BCUT2D eigenvalue weighted by Crippen LogP contribution is -2.57. The van der Waals surface area contributed by atoms with E-state index >= 15 is 0 Å². The van der Waals surface area contributed by atoms with Crippen molar-refractivity contribution in [2.75, 3.05) is 145 Å². The van der Waals surface area contributed by atoms with Crippen molar-refractivity contribution in [3.63, 3.8) is 0 Å². The fourth-order valence-electron chi connectivity index (χ4n) is 16.0. The number of anilines is 4. The Hall–Kier alpha value is -8.10. The molecule has 99 heavy (non-hydrogen) atoms. The van der Waals surface area contributed by atoms with Gasteiger partial charge in [0.15, 0.2) is 5.83 Å². The van der Waals surface area contributed by atoms with Crippen LogP contribution in [-0.2, 0) is 45.0 Å². The van der Waals surface area contributed by atoms with Crippen LogP contribution in [0.2, 0.25) is 10.0 Å². The van der Waals surface area contributed by atoms with Crippen LogP contribution in [0.15, 0.2) is 84.5 Å². The predicted molar refractivity (Wildman–Crippen MR) is 373 cm³/mol. The van der Waals surface area contributed by atoms with E-state index in [4.69, 9.17) is 75.6 Å². The molecule has 0 saturated carbocycles. The number of ether oxygens (including phenoxy) is 4. The number of hydrogen-bond acceptors (Lipinski definition) is 16. The van der Waals surface area contributed by atoms with Crippen LogP contribution in [0.5, 0.6) is 12.0 Å². The minimum atomic E-state index is -1.56. The first-order chi connectivity index (χ1) is 48.0. The highest BCUT2D eigenvalue weighted by atomic mass is 35.5. The van der Waals surface area contributed by atoms with Gasteiger partial charge < -0.3 is 58.2 Å². The maximum Gasteiger partial charge on any atom is 0.364 e. The number of piperazine rings is 1. The van der Waals surface area contributed by atoms with Gasteiger partial charge in [-0.25, -0.2) is 31.1 Å². The molecule has 6 fully saturated rings. The minimum absolute atomic E-state index is 0.00234. The fourth-order valence-corrected chi connectivity index (χ4v) is 16.5. The average Bonchev–Trinajstić information content (AvgIpc) is 1.78. The third-order valence-corrected chi connectivity index (χ3v) is 21.6. The summed E-state index contributed by atoms with van der Waals surface area (Å²) >= 11 is 13.0. The number of hydrogen-bond donors (Lipinski definition) is 1. The lowest BCUT2D eigenvalue weighted by atomic mass is 9.95. The number of fused-ring (bicyclic) bond motifs is 6. The van der Waals surface area contributed by atoms with Crippen molar-refractivity contribution in [3.05, 3.63) is 151 Å². The summed E-state index contributed by atoms with van der Waals surface area (Å²) in [6.07, 6.45) is 14.7. The molecule has 10 heterocycles. The van der Waals surface area contributed by atoms with Crippen LogP contribution in [0.25, 0.3) is 31.2 Å². The minimum Gasteiger partial charge on any atom is -0.476 e. The van der Waals surface area contributed by atoms with Crippen LogP contribution in [-0.4, -0.2) is 194 Å². The number of carboxylic acids is 1. The molecule has 14 rings (SSSR count). The Bertz CT molecular complexity index is 4100. The Balaban J connectivity index is 0.000000169. The quantitative estimate of drug-likeness (QED) is 0.0488. The number of carbonyl (C=O) groups is 2. The highest BCUT2D eigenvalue weighted by molar-refractivity contribution is 6.37. The van der Waals surface area contributed by atoms with Gasteiger partial charge in [-0.3, -0.25) is 14.6 Å². The summed E-state index contributed by atoms with van der Waals surface area (Å²) in [5.41, 5.74) is 5.75. The Kier molecular flexibility index (Phi) is 22.6. The second-order valence-electron chi connectivity index (χ2n) is 26.8. The zero-order valence-electron chi connectivity index (χ0n) is 56.0. The average molecular weight is 1400 g/mol. The van der Waals surface area contributed by atoms with Crippen molar-refractivity contribution >= 4 is 79.6 Å². The molecule has 0 radical (unpaired) electrons. The molecule has 6 aromatic rings. The van der Waals surface area contributed by atoms with E-state index in [0.29, 0.717) is 88.0 Å². The second-order valence-corrected chi connectivity index (χ2v) is 27.6. The fraction of sp³-hybridized carbons (Fsp3) is 0.507.